The van der Waals surface area contributed by atoms with Crippen molar-refractivity contribution in [2.75, 3.05) is 13.2 Å². The van der Waals surface area contributed by atoms with Crippen molar-refractivity contribution in [2.45, 2.75) is 40.4 Å². The molecular weight excluding hydrogens is 164 g/mol. The van der Waals surface area contributed by atoms with Crippen molar-refractivity contribution in [3.63, 3.8) is 0 Å². The fourth-order valence-electron chi connectivity index (χ4n) is 1.05. The van der Waals surface area contributed by atoms with Gasteiger partial charge in [-0.25, -0.2) is 0 Å². The Hall–Kier alpha value is -0.340. The summed E-state index contributed by atoms with van der Waals surface area (Å²) in [6, 6.07) is 0. The number of hydrogen-bond acceptors (Lipinski definition) is 2. The van der Waals surface area contributed by atoms with Crippen LogP contribution in [0.4, 0.5) is 0 Å². The summed E-state index contributed by atoms with van der Waals surface area (Å²) in [6.45, 7) is 13.4. The summed E-state index contributed by atoms with van der Waals surface area (Å²) in [5.74, 6) is 0. The normalized spacial score (nSPS) is 12.1. The van der Waals surface area contributed by atoms with Crippen LogP contribution in [0.2, 0.25) is 0 Å². The van der Waals surface area contributed by atoms with Gasteiger partial charge in [-0.15, -0.1) is 6.58 Å². The van der Waals surface area contributed by atoms with Crippen molar-refractivity contribution in [3.8, 4) is 0 Å². The first-order valence-corrected chi connectivity index (χ1v) is 4.92. The fourth-order valence-corrected chi connectivity index (χ4v) is 1.05. The van der Waals surface area contributed by atoms with Gasteiger partial charge >= 0.3 is 0 Å². The van der Waals surface area contributed by atoms with Crippen LogP contribution in [-0.4, -0.2) is 19.5 Å². The van der Waals surface area contributed by atoms with E-state index < -0.39 is 0 Å². The summed E-state index contributed by atoms with van der Waals surface area (Å²) in [4.78, 5) is 0. The minimum atomic E-state index is -0.0944. The van der Waals surface area contributed by atoms with Crippen molar-refractivity contribution >= 4 is 0 Å². The predicted molar refractivity (Wildman–Crippen MR) is 55.6 cm³/mol. The Balaban J connectivity index is 3.99. The van der Waals surface area contributed by atoms with Crippen molar-refractivity contribution in [2.24, 2.45) is 5.41 Å². The molecule has 0 amide bonds. The third-order valence-corrected chi connectivity index (χ3v) is 1.95. The quantitative estimate of drug-likeness (QED) is 0.449. The average Bonchev–Trinajstić information content (AvgIpc) is 2.05. The van der Waals surface area contributed by atoms with E-state index in [1.54, 1.807) is 0 Å². The second kappa shape index (κ2) is 6.17. The molecule has 0 radical (unpaired) electrons. The van der Waals surface area contributed by atoms with Crippen molar-refractivity contribution in [3.05, 3.63) is 12.7 Å². The summed E-state index contributed by atoms with van der Waals surface area (Å²) in [6.07, 6.45) is 2.71. The molecule has 0 aromatic rings. The molecule has 2 nitrogen and oxygen atoms in total. The second-order valence-electron chi connectivity index (χ2n) is 3.74. The number of rotatable bonds is 7. The van der Waals surface area contributed by atoms with Crippen LogP contribution in [-0.2, 0) is 9.47 Å². The zero-order chi connectivity index (χ0) is 10.3. The molecule has 13 heavy (non-hydrogen) atoms. The smallest absolute Gasteiger partial charge is 0.158 e. The first-order chi connectivity index (χ1) is 6.05. The molecule has 0 aliphatic carbocycles. The van der Waals surface area contributed by atoms with Crippen LogP contribution in [0.15, 0.2) is 12.7 Å². The number of hydrogen-bond donors (Lipinski definition) is 0. The molecule has 0 aromatic carbocycles. The molecule has 0 saturated heterocycles. The highest BCUT2D eigenvalue weighted by atomic mass is 16.7. The van der Waals surface area contributed by atoms with Crippen LogP contribution >= 0.6 is 0 Å². The zero-order valence-corrected chi connectivity index (χ0v) is 9.30. The zero-order valence-electron chi connectivity index (χ0n) is 9.30. The van der Waals surface area contributed by atoms with E-state index >= 15 is 0 Å². The van der Waals surface area contributed by atoms with Crippen LogP contribution < -0.4 is 0 Å². The van der Waals surface area contributed by atoms with Gasteiger partial charge in [0.05, 0.1) is 0 Å². The molecule has 0 bridgehead atoms. The Morgan fingerprint density at radius 2 is 1.69 bits per heavy atom. The minimum absolute atomic E-state index is 0.0784. The van der Waals surface area contributed by atoms with Gasteiger partial charge in [-0.2, -0.15) is 0 Å². The fraction of sp³-hybridized carbons (Fsp3) is 0.818. The Kier molecular flexibility index (Phi) is 6.00. The Morgan fingerprint density at radius 3 is 2.00 bits per heavy atom. The first-order valence-electron chi connectivity index (χ1n) is 4.92. The maximum Gasteiger partial charge on any atom is 0.158 e. The topological polar surface area (TPSA) is 18.5 Å². The summed E-state index contributed by atoms with van der Waals surface area (Å²) in [5.41, 5.74) is 0.0784. The van der Waals surface area contributed by atoms with Gasteiger partial charge in [-0.3, -0.25) is 0 Å². The molecule has 0 fully saturated rings. The molecule has 78 valence electrons. The standard InChI is InChI=1S/C11H22O2/c1-6-11(4,5)9-10(12-7-2)13-8-3/h6,10H,1,7-9H2,2-5H3. The Labute approximate surface area is 81.9 Å². The lowest BCUT2D eigenvalue weighted by Crippen LogP contribution is -2.24. The van der Waals surface area contributed by atoms with Gasteiger partial charge < -0.3 is 9.47 Å². The maximum absolute atomic E-state index is 5.45. The Bertz CT molecular complexity index is 135. The molecule has 0 atom stereocenters. The van der Waals surface area contributed by atoms with E-state index in [-0.39, 0.29) is 11.7 Å². The van der Waals surface area contributed by atoms with Crippen LogP contribution in [0.5, 0.6) is 0 Å². The monoisotopic (exact) mass is 186 g/mol. The molecular formula is C11H22O2. The number of allylic oxidation sites excluding steroid dienone is 1. The minimum Gasteiger partial charge on any atom is -0.353 e. The molecule has 2 heteroatoms. The average molecular weight is 186 g/mol. The van der Waals surface area contributed by atoms with E-state index in [2.05, 4.69) is 20.4 Å². The summed E-state index contributed by atoms with van der Waals surface area (Å²) in [5, 5.41) is 0. The van der Waals surface area contributed by atoms with Crippen molar-refractivity contribution in [1.82, 2.24) is 0 Å². The second-order valence-corrected chi connectivity index (χ2v) is 3.74. The van der Waals surface area contributed by atoms with E-state index in [0.717, 1.165) is 6.42 Å². The lowest BCUT2D eigenvalue weighted by atomic mass is 9.89. The lowest BCUT2D eigenvalue weighted by Gasteiger charge is -2.26. The van der Waals surface area contributed by atoms with E-state index in [9.17, 15) is 0 Å². The number of ether oxygens (including phenoxy) is 2. The molecule has 0 unspecified atom stereocenters. The van der Waals surface area contributed by atoms with E-state index in [1.807, 2.05) is 19.9 Å². The van der Waals surface area contributed by atoms with E-state index in [0.29, 0.717) is 13.2 Å². The predicted octanol–water partition coefficient (Wildman–Crippen LogP) is 2.99. The molecule has 0 rings (SSSR count). The van der Waals surface area contributed by atoms with Crippen LogP contribution in [0.25, 0.3) is 0 Å². The molecule has 0 spiro atoms. The summed E-state index contributed by atoms with van der Waals surface area (Å²) in [7, 11) is 0. The lowest BCUT2D eigenvalue weighted by molar-refractivity contribution is -0.149. The van der Waals surface area contributed by atoms with Gasteiger partial charge in [0, 0.05) is 19.6 Å². The van der Waals surface area contributed by atoms with Gasteiger partial charge in [0.25, 0.3) is 0 Å². The third kappa shape index (κ3) is 5.83. The molecule has 0 aliphatic rings. The SMILES string of the molecule is C=CC(C)(C)CC(OCC)OCC. The van der Waals surface area contributed by atoms with Crippen molar-refractivity contribution < 1.29 is 9.47 Å². The van der Waals surface area contributed by atoms with E-state index in [4.69, 9.17) is 9.47 Å². The van der Waals surface area contributed by atoms with Gasteiger partial charge in [0.1, 0.15) is 0 Å². The van der Waals surface area contributed by atoms with Crippen LogP contribution in [0.1, 0.15) is 34.1 Å². The van der Waals surface area contributed by atoms with Gasteiger partial charge in [-0.1, -0.05) is 19.9 Å². The molecule has 0 aromatic heterocycles. The van der Waals surface area contributed by atoms with Crippen LogP contribution in [0, 0.1) is 5.41 Å². The molecule has 0 N–H and O–H groups in total. The van der Waals surface area contributed by atoms with Gasteiger partial charge in [-0.05, 0) is 19.3 Å². The summed E-state index contributed by atoms with van der Waals surface area (Å²) < 4.78 is 10.9. The highest BCUT2D eigenvalue weighted by molar-refractivity contribution is 4.88. The molecule has 0 aliphatic heterocycles. The Morgan fingerprint density at radius 1 is 1.23 bits per heavy atom. The largest absolute Gasteiger partial charge is 0.353 e. The van der Waals surface area contributed by atoms with Crippen LogP contribution in [0.3, 0.4) is 0 Å². The summed E-state index contributed by atoms with van der Waals surface area (Å²) >= 11 is 0. The van der Waals surface area contributed by atoms with Gasteiger partial charge in [0.15, 0.2) is 6.29 Å². The highest BCUT2D eigenvalue weighted by Gasteiger charge is 2.20. The molecule has 0 heterocycles. The first kappa shape index (κ1) is 12.7. The van der Waals surface area contributed by atoms with Gasteiger partial charge in [0.2, 0.25) is 0 Å². The van der Waals surface area contributed by atoms with Crippen molar-refractivity contribution in [1.29, 1.82) is 0 Å². The highest BCUT2D eigenvalue weighted by Crippen LogP contribution is 2.25. The molecule has 0 saturated carbocycles. The third-order valence-electron chi connectivity index (χ3n) is 1.95. The van der Waals surface area contributed by atoms with E-state index in [1.165, 1.54) is 0 Å². The maximum atomic E-state index is 5.45.